The van der Waals surface area contributed by atoms with Crippen LogP contribution in [0.4, 0.5) is 8.78 Å². The second kappa shape index (κ2) is 6.36. The van der Waals surface area contributed by atoms with E-state index in [1.165, 1.54) is 0 Å². The average molecular weight is 509 g/mol. The number of hydrogen-bond donors (Lipinski definition) is 3. The fourth-order valence-electron chi connectivity index (χ4n) is 13.3. The topological polar surface area (TPSA) is 69.9 Å². The minimum Gasteiger partial charge on any atom is -0.393 e. The Morgan fingerprint density at radius 2 is 1.56 bits per heavy atom. The van der Waals surface area contributed by atoms with Gasteiger partial charge in [0, 0.05) is 23.7 Å². The van der Waals surface area contributed by atoms with Gasteiger partial charge < -0.3 is 20.1 Å². The zero-order chi connectivity index (χ0) is 26.1. The minimum absolute atomic E-state index is 0.00577. The van der Waals surface area contributed by atoms with Crippen molar-refractivity contribution in [2.45, 2.75) is 135 Å². The molecule has 204 valence electrons. The van der Waals surface area contributed by atoms with Crippen LogP contribution in [-0.4, -0.2) is 50.8 Å². The van der Waals surface area contributed by atoms with Crippen LogP contribution in [0.3, 0.4) is 0 Å². The molecule has 6 saturated carbocycles. The first kappa shape index (κ1) is 24.7. The van der Waals surface area contributed by atoms with Crippen LogP contribution in [0, 0.1) is 50.7 Å². The molecule has 1 heterocycles. The number of ether oxygens (including phenoxy) is 1. The largest absolute Gasteiger partial charge is 0.393 e. The lowest BCUT2D eigenvalue weighted by Gasteiger charge is -2.70. The maximum atomic E-state index is 15.2. The number of halogens is 2. The summed E-state index contributed by atoms with van der Waals surface area (Å²) in [6.07, 6.45) is 4.99. The van der Waals surface area contributed by atoms with Gasteiger partial charge in [-0.05, 0) is 98.7 Å². The highest BCUT2D eigenvalue weighted by Gasteiger charge is 2.91. The summed E-state index contributed by atoms with van der Waals surface area (Å²) in [7, 11) is 0. The van der Waals surface area contributed by atoms with E-state index in [-0.39, 0.29) is 57.5 Å². The van der Waals surface area contributed by atoms with Crippen molar-refractivity contribution in [2.75, 3.05) is 0 Å². The lowest BCUT2D eigenvalue weighted by molar-refractivity contribution is -0.295. The Labute approximate surface area is 214 Å². The maximum Gasteiger partial charge on any atom is 0.253 e. The third kappa shape index (κ3) is 2.24. The molecular formula is C30H46F2O4. The molecule has 1 saturated heterocycles. The molecule has 0 radical (unpaired) electrons. The number of alkyl halides is 2. The Hall–Kier alpha value is -0.300. The summed E-state index contributed by atoms with van der Waals surface area (Å²) in [6, 6.07) is 0. The Morgan fingerprint density at radius 3 is 2.19 bits per heavy atom. The van der Waals surface area contributed by atoms with E-state index in [9.17, 15) is 15.3 Å². The SMILES string of the molecule is C[C@H]1[C@@]23CC[C@]45C[C@@]6(CC[C@@H](C(C)(C)O)O6)[C@H]4[C@@H](O)C[C@@]5(C)[C@@H]2C[C@H](O)[C@H]2C(C)(C)C(F)(F)CC[C@@]123. The summed E-state index contributed by atoms with van der Waals surface area (Å²) in [5.41, 5.74) is -2.86. The summed E-state index contributed by atoms with van der Waals surface area (Å²) in [5.74, 6) is -2.50. The molecule has 4 nitrogen and oxygen atoms in total. The van der Waals surface area contributed by atoms with E-state index in [1.807, 2.05) is 13.8 Å². The van der Waals surface area contributed by atoms with E-state index >= 15 is 8.78 Å². The second-order valence-corrected chi connectivity index (χ2v) is 15.9. The molecule has 0 amide bonds. The molecule has 36 heavy (non-hydrogen) atoms. The van der Waals surface area contributed by atoms with Gasteiger partial charge in [-0.15, -0.1) is 0 Å². The third-order valence-electron chi connectivity index (χ3n) is 14.6. The molecule has 7 aliphatic rings. The predicted octanol–water partition coefficient (Wildman–Crippen LogP) is 5.32. The van der Waals surface area contributed by atoms with Crippen molar-refractivity contribution in [1.82, 2.24) is 0 Å². The number of rotatable bonds is 1. The van der Waals surface area contributed by atoms with E-state index in [1.54, 1.807) is 13.8 Å². The van der Waals surface area contributed by atoms with Crippen LogP contribution in [-0.2, 0) is 4.74 Å². The Bertz CT molecular complexity index is 1010. The van der Waals surface area contributed by atoms with Crippen molar-refractivity contribution in [3.63, 3.8) is 0 Å². The second-order valence-electron chi connectivity index (χ2n) is 15.9. The minimum atomic E-state index is -2.76. The van der Waals surface area contributed by atoms with E-state index in [0.29, 0.717) is 25.2 Å². The van der Waals surface area contributed by atoms with E-state index in [0.717, 1.165) is 32.1 Å². The molecule has 7 fully saturated rings. The highest BCUT2D eigenvalue weighted by atomic mass is 19.3. The van der Waals surface area contributed by atoms with Gasteiger partial charge in [-0.25, -0.2) is 8.78 Å². The average Bonchev–Trinajstić information content (AvgIpc) is 3.02. The highest BCUT2D eigenvalue weighted by Crippen LogP contribution is 2.94. The van der Waals surface area contributed by atoms with Crippen molar-refractivity contribution < 1.29 is 28.8 Å². The zero-order valence-electron chi connectivity index (χ0n) is 22.9. The van der Waals surface area contributed by atoms with Gasteiger partial charge in [0.05, 0.1) is 29.5 Å². The fourth-order valence-corrected chi connectivity index (χ4v) is 13.3. The van der Waals surface area contributed by atoms with E-state index in [2.05, 4.69) is 13.8 Å². The standard InChI is InChI=1S/C30H46F2O4/c1-16-28-10-9-26-15-27(8-7-20(36-27)24(4,5)35)22(26)18(34)14-25(26,6)19(28)13-17(33)21-23(2,3)30(31,32)12-11-29(16,21)28/h16-22,33-35H,7-15H2,1-6H3/t16-,17-,18-,19-,20-,21-,22-,25-,26-,27-,28-,29+/m0/s1. The number of fused-ring (bicyclic) bond motifs is 2. The molecule has 7 rings (SSSR count). The molecule has 6 heteroatoms. The molecule has 0 aromatic rings. The summed E-state index contributed by atoms with van der Waals surface area (Å²) in [5, 5.41) is 33.9. The smallest absolute Gasteiger partial charge is 0.253 e. The molecule has 6 aliphatic carbocycles. The quantitative estimate of drug-likeness (QED) is 0.448. The van der Waals surface area contributed by atoms with Crippen LogP contribution in [0.15, 0.2) is 0 Å². The maximum absolute atomic E-state index is 15.2. The molecule has 0 unspecified atom stereocenters. The van der Waals surface area contributed by atoms with Crippen molar-refractivity contribution in [3.05, 3.63) is 0 Å². The van der Waals surface area contributed by atoms with Gasteiger partial charge in [0.2, 0.25) is 0 Å². The molecule has 1 aliphatic heterocycles. The van der Waals surface area contributed by atoms with Gasteiger partial charge >= 0.3 is 0 Å². The van der Waals surface area contributed by atoms with E-state index in [4.69, 9.17) is 4.74 Å². The first-order valence-corrected chi connectivity index (χ1v) is 14.6. The van der Waals surface area contributed by atoms with E-state index < -0.39 is 29.1 Å². The summed E-state index contributed by atoms with van der Waals surface area (Å²) in [6.45, 7) is 11.7. The molecule has 3 N–H and O–H groups in total. The summed E-state index contributed by atoms with van der Waals surface area (Å²) in [4.78, 5) is 0. The van der Waals surface area contributed by atoms with Crippen LogP contribution >= 0.6 is 0 Å². The highest BCUT2D eigenvalue weighted by molar-refractivity contribution is 5.38. The van der Waals surface area contributed by atoms with Crippen molar-refractivity contribution >= 4 is 0 Å². The van der Waals surface area contributed by atoms with Crippen LogP contribution in [0.1, 0.15) is 99.3 Å². The van der Waals surface area contributed by atoms with Crippen LogP contribution in [0.5, 0.6) is 0 Å². The van der Waals surface area contributed by atoms with Crippen molar-refractivity contribution in [3.8, 4) is 0 Å². The zero-order valence-corrected chi connectivity index (χ0v) is 22.9. The van der Waals surface area contributed by atoms with Crippen molar-refractivity contribution in [1.29, 1.82) is 0 Å². The Balaban J connectivity index is 1.27. The van der Waals surface area contributed by atoms with Crippen molar-refractivity contribution in [2.24, 2.45) is 50.7 Å². The Morgan fingerprint density at radius 1 is 0.889 bits per heavy atom. The van der Waals surface area contributed by atoms with Gasteiger partial charge in [-0.1, -0.05) is 27.7 Å². The molecule has 0 aromatic heterocycles. The third-order valence-corrected chi connectivity index (χ3v) is 14.6. The lowest BCUT2D eigenvalue weighted by Crippen LogP contribution is -2.70. The van der Waals surface area contributed by atoms with Crippen LogP contribution < -0.4 is 0 Å². The number of aliphatic hydroxyl groups is 3. The monoisotopic (exact) mass is 508 g/mol. The van der Waals surface area contributed by atoms with Crippen LogP contribution in [0.25, 0.3) is 0 Å². The first-order valence-electron chi connectivity index (χ1n) is 14.6. The molecule has 12 atom stereocenters. The molecule has 4 spiro atoms. The van der Waals surface area contributed by atoms with Gasteiger partial charge in [-0.2, -0.15) is 0 Å². The molecule has 0 bridgehead atoms. The predicted molar refractivity (Wildman–Crippen MR) is 131 cm³/mol. The van der Waals surface area contributed by atoms with Crippen LogP contribution in [0.2, 0.25) is 0 Å². The summed E-state index contributed by atoms with van der Waals surface area (Å²) >= 11 is 0. The number of aliphatic hydroxyl groups excluding tert-OH is 2. The lowest BCUT2D eigenvalue weighted by atomic mass is 9.35. The molecular weight excluding hydrogens is 462 g/mol. The van der Waals surface area contributed by atoms with Gasteiger partial charge in [-0.3, -0.25) is 0 Å². The van der Waals surface area contributed by atoms with Gasteiger partial charge in [0.15, 0.2) is 0 Å². The first-order chi connectivity index (χ1) is 16.5. The molecule has 0 aromatic carbocycles. The summed E-state index contributed by atoms with van der Waals surface area (Å²) < 4.78 is 37.1. The fraction of sp³-hybridized carbons (Fsp3) is 1.00. The normalized spacial score (nSPS) is 61.9. The Kier molecular flexibility index (Phi) is 4.37. The van der Waals surface area contributed by atoms with Gasteiger partial charge in [0.1, 0.15) is 0 Å². The number of hydrogen-bond acceptors (Lipinski definition) is 4. The van der Waals surface area contributed by atoms with Gasteiger partial charge in [0.25, 0.3) is 5.92 Å².